The topological polar surface area (TPSA) is 131 Å². The average molecular weight is 639 g/mol. The molecule has 44 heavy (non-hydrogen) atoms. The minimum absolute atomic E-state index is 0.0587. The number of nitrogens with one attached hydrogen (secondary N) is 2. The highest BCUT2D eigenvalue weighted by Crippen LogP contribution is 2.39. The molecule has 0 bridgehead atoms. The van der Waals surface area contributed by atoms with Crippen molar-refractivity contribution in [2.24, 2.45) is 0 Å². The van der Waals surface area contributed by atoms with Crippen molar-refractivity contribution in [3.8, 4) is 0 Å². The molecule has 0 spiro atoms. The van der Waals surface area contributed by atoms with Crippen molar-refractivity contribution >= 4 is 47.9 Å². The molecule has 1 aliphatic heterocycles. The van der Waals surface area contributed by atoms with E-state index in [2.05, 4.69) is 10.6 Å². The molecule has 0 saturated carbocycles. The lowest BCUT2D eigenvalue weighted by Crippen LogP contribution is -2.43. The Morgan fingerprint density at radius 3 is 2.27 bits per heavy atom. The number of nitrogens with zero attached hydrogens (tertiary/aromatic N) is 2. The van der Waals surface area contributed by atoms with Gasteiger partial charge in [-0.3, -0.25) is 4.79 Å². The molecule has 1 aliphatic rings. The number of carbonyl (C=O) groups excluding carboxylic acids is 3. The van der Waals surface area contributed by atoms with Gasteiger partial charge in [0.2, 0.25) is 0 Å². The van der Waals surface area contributed by atoms with Crippen molar-refractivity contribution in [1.82, 2.24) is 4.90 Å². The van der Waals surface area contributed by atoms with Crippen molar-refractivity contribution < 1.29 is 50.3 Å². The van der Waals surface area contributed by atoms with E-state index < -0.39 is 60.2 Å². The molecule has 10 nitrogen and oxygen atoms in total. The zero-order valence-electron chi connectivity index (χ0n) is 23.4. The smallest absolute Gasteiger partial charge is 0.419 e. The number of alkyl halides is 3. The molecule has 0 aliphatic carbocycles. The quantitative estimate of drug-likeness (QED) is 0.188. The number of anilines is 3. The Morgan fingerprint density at radius 1 is 1.00 bits per heavy atom. The van der Waals surface area contributed by atoms with Gasteiger partial charge >= 0.3 is 18.2 Å². The first-order chi connectivity index (χ1) is 20.5. The molecule has 1 unspecified atom stereocenters. The van der Waals surface area contributed by atoms with E-state index in [1.807, 2.05) is 0 Å². The predicted molar refractivity (Wildman–Crippen MR) is 148 cm³/mol. The van der Waals surface area contributed by atoms with E-state index >= 15 is 0 Å². The summed E-state index contributed by atoms with van der Waals surface area (Å²) >= 11 is 0. The summed E-state index contributed by atoms with van der Waals surface area (Å²) in [6, 6.07) is 8.12. The largest absolute Gasteiger partial charge is 0.775 e. The van der Waals surface area contributed by atoms with Gasteiger partial charge in [-0.15, -0.1) is 0 Å². The van der Waals surface area contributed by atoms with Gasteiger partial charge in [-0.2, -0.15) is 13.2 Å². The summed E-state index contributed by atoms with van der Waals surface area (Å²) in [7, 11) is -4.28. The highest BCUT2D eigenvalue weighted by molar-refractivity contribution is 7.59. The van der Waals surface area contributed by atoms with Crippen LogP contribution in [0, 0.1) is 11.6 Å². The molecule has 5 amide bonds. The Morgan fingerprint density at radius 2 is 1.66 bits per heavy atom. The number of carbonyl (C=O) groups is 3. The molecular weight excluding hydrogens is 614 g/mol. The fourth-order valence-corrected chi connectivity index (χ4v) is 5.43. The van der Waals surface area contributed by atoms with Crippen LogP contribution >= 0.6 is 7.60 Å². The molecule has 0 aromatic heterocycles. The third kappa shape index (κ3) is 6.59. The van der Waals surface area contributed by atoms with E-state index in [0.717, 1.165) is 23.1 Å². The number of halogens is 5. The Bertz CT molecular complexity index is 1670. The zero-order valence-corrected chi connectivity index (χ0v) is 24.3. The normalized spacial score (nSPS) is 16.2. The highest BCUT2D eigenvalue weighted by atomic mass is 31.2. The first kappa shape index (κ1) is 32.6. The Balaban J connectivity index is 1.56. The van der Waals surface area contributed by atoms with E-state index in [1.54, 1.807) is 0 Å². The molecule has 16 heteroatoms. The maximum absolute atomic E-state index is 14.2. The fourth-order valence-electron chi connectivity index (χ4n) is 4.43. The Labute approximate surface area is 247 Å². The van der Waals surface area contributed by atoms with E-state index in [0.29, 0.717) is 17.0 Å². The SMILES string of the molecule is CCOP(=O)([O-])c1ccc(NC(=O)Nc2cc(F)ccc2CN2C(=O)N(c3ccc(F)c(C(F)(F)F)c3)C(=O)C2(C)C)cc1. The molecule has 3 aromatic rings. The zero-order chi connectivity index (χ0) is 32.6. The molecule has 1 atom stereocenters. The number of amides is 5. The highest BCUT2D eigenvalue weighted by Gasteiger charge is 2.52. The van der Waals surface area contributed by atoms with Crippen LogP contribution < -0.4 is 25.7 Å². The van der Waals surface area contributed by atoms with Crippen molar-refractivity contribution in [2.75, 3.05) is 22.1 Å². The van der Waals surface area contributed by atoms with Crippen LogP contribution in [0.15, 0.2) is 60.7 Å². The number of hydrogen-bond donors (Lipinski definition) is 2. The summed E-state index contributed by atoms with van der Waals surface area (Å²) in [4.78, 5) is 52.9. The van der Waals surface area contributed by atoms with Crippen LogP contribution in [-0.2, 0) is 26.6 Å². The van der Waals surface area contributed by atoms with Crippen molar-refractivity contribution in [1.29, 1.82) is 0 Å². The van der Waals surface area contributed by atoms with E-state index in [1.165, 1.54) is 51.1 Å². The van der Waals surface area contributed by atoms with Gasteiger partial charge in [-0.1, -0.05) is 6.07 Å². The monoisotopic (exact) mass is 639 g/mol. The Hall–Kier alpha value is -4.33. The van der Waals surface area contributed by atoms with E-state index in [4.69, 9.17) is 4.52 Å². The Kier molecular flexibility index (Phi) is 8.87. The number of rotatable bonds is 8. The summed E-state index contributed by atoms with van der Waals surface area (Å²) in [6.45, 7) is 3.76. The van der Waals surface area contributed by atoms with Crippen LogP contribution in [0.4, 0.5) is 48.6 Å². The van der Waals surface area contributed by atoms with Gasteiger partial charge in [-0.25, -0.2) is 23.3 Å². The van der Waals surface area contributed by atoms with Crippen molar-refractivity contribution in [2.45, 2.75) is 39.0 Å². The molecular formula is C28H25F5N4O6P-. The van der Waals surface area contributed by atoms with Gasteiger partial charge in [0.25, 0.3) is 5.91 Å². The van der Waals surface area contributed by atoms with Gasteiger partial charge in [-0.05, 0) is 80.9 Å². The third-order valence-electron chi connectivity index (χ3n) is 6.73. The summed E-state index contributed by atoms with van der Waals surface area (Å²) in [5, 5.41) is 4.77. The first-order valence-electron chi connectivity index (χ1n) is 12.9. The molecule has 234 valence electrons. The van der Waals surface area contributed by atoms with Gasteiger partial charge < -0.3 is 29.5 Å². The maximum Gasteiger partial charge on any atom is 0.419 e. The van der Waals surface area contributed by atoms with Crippen LogP contribution in [-0.4, -0.2) is 35.0 Å². The summed E-state index contributed by atoms with van der Waals surface area (Å²) in [6.07, 6.45) is -5.08. The van der Waals surface area contributed by atoms with Crippen LogP contribution in [0.1, 0.15) is 31.9 Å². The van der Waals surface area contributed by atoms with Gasteiger partial charge in [0.1, 0.15) is 17.2 Å². The maximum atomic E-state index is 14.2. The van der Waals surface area contributed by atoms with Crippen LogP contribution in [0.2, 0.25) is 0 Å². The van der Waals surface area contributed by atoms with Crippen LogP contribution in [0.5, 0.6) is 0 Å². The summed E-state index contributed by atoms with van der Waals surface area (Å²) in [5.41, 5.74) is -3.53. The number of urea groups is 2. The lowest BCUT2D eigenvalue weighted by Gasteiger charge is -2.28. The predicted octanol–water partition coefficient (Wildman–Crippen LogP) is 5.59. The lowest BCUT2D eigenvalue weighted by atomic mass is 10.0. The molecule has 0 radical (unpaired) electrons. The summed E-state index contributed by atoms with van der Waals surface area (Å²) in [5.74, 6) is -3.23. The lowest BCUT2D eigenvalue weighted by molar-refractivity contribution is -0.193. The standard InChI is InChI=1S/C28H26F5N4O6P/c1-4-43-44(41,42)20-10-7-18(8-11-20)34-25(39)35-23-13-17(29)6-5-16(23)15-36-26(40)37(24(38)27(36,2)3)19-9-12-22(30)21(14-19)28(31,32)33/h5-14H,4,15H2,1-3H3,(H,41,42)(H2,34,35,39)/p-1. The first-order valence-corrected chi connectivity index (χ1v) is 14.5. The second-order valence-electron chi connectivity index (χ2n) is 10.1. The molecule has 4 rings (SSSR count). The third-order valence-corrected chi connectivity index (χ3v) is 8.25. The van der Waals surface area contributed by atoms with Crippen LogP contribution in [0.25, 0.3) is 0 Å². The molecule has 1 heterocycles. The van der Waals surface area contributed by atoms with Gasteiger partial charge in [0.05, 0.1) is 30.1 Å². The van der Waals surface area contributed by atoms with Crippen LogP contribution in [0.3, 0.4) is 0 Å². The molecule has 1 fully saturated rings. The number of imide groups is 1. The van der Waals surface area contributed by atoms with E-state index in [9.17, 15) is 45.8 Å². The van der Waals surface area contributed by atoms with E-state index in [-0.39, 0.29) is 35.4 Å². The minimum Gasteiger partial charge on any atom is -0.775 e. The number of benzene rings is 3. The minimum atomic E-state index is -5.08. The number of hydrogen-bond acceptors (Lipinski definition) is 6. The summed E-state index contributed by atoms with van der Waals surface area (Å²) < 4.78 is 84.7. The van der Waals surface area contributed by atoms with Gasteiger partial charge in [0, 0.05) is 11.0 Å². The fraction of sp³-hybridized carbons (Fsp3) is 0.250. The average Bonchev–Trinajstić information content (AvgIpc) is 3.09. The molecule has 1 saturated heterocycles. The second kappa shape index (κ2) is 12.0. The molecule has 3 aromatic carbocycles. The van der Waals surface area contributed by atoms with Crippen molar-refractivity contribution in [3.05, 3.63) is 83.4 Å². The second-order valence-corrected chi connectivity index (χ2v) is 11.8. The van der Waals surface area contributed by atoms with Crippen molar-refractivity contribution in [3.63, 3.8) is 0 Å². The van der Waals surface area contributed by atoms with Gasteiger partial charge in [0.15, 0.2) is 7.60 Å². The molecule has 2 N–H and O–H groups in total.